The zero-order chi connectivity index (χ0) is 15.1. The maximum atomic E-state index is 5.86. The zero-order valence-electron chi connectivity index (χ0n) is 12.1. The summed E-state index contributed by atoms with van der Waals surface area (Å²) in [4.78, 5) is 8.56. The monoisotopic (exact) mass is 307 g/mol. The topological polar surface area (TPSA) is 56.3 Å². The summed E-state index contributed by atoms with van der Waals surface area (Å²) in [6.07, 6.45) is 0. The number of hydrogen-bond acceptors (Lipinski definition) is 5. The van der Waals surface area contributed by atoms with Crippen LogP contribution in [0.2, 0.25) is 5.02 Å². The van der Waals surface area contributed by atoms with E-state index >= 15 is 0 Å². The van der Waals surface area contributed by atoms with Crippen molar-refractivity contribution >= 4 is 17.4 Å². The van der Waals surface area contributed by atoms with Crippen LogP contribution in [0.5, 0.6) is 5.88 Å². The van der Waals surface area contributed by atoms with Crippen LogP contribution in [0.15, 0.2) is 30.3 Å². The van der Waals surface area contributed by atoms with Crippen LogP contribution in [0, 0.1) is 6.92 Å². The van der Waals surface area contributed by atoms with E-state index in [9.17, 15) is 0 Å². The number of aromatic nitrogens is 2. The highest BCUT2D eigenvalue weighted by atomic mass is 35.5. The summed E-state index contributed by atoms with van der Waals surface area (Å²) in [6, 6.07) is 9.45. The van der Waals surface area contributed by atoms with Crippen molar-refractivity contribution in [2.75, 3.05) is 25.6 Å². The molecule has 1 aromatic carbocycles. The predicted octanol–water partition coefficient (Wildman–Crippen LogP) is 3.08. The van der Waals surface area contributed by atoms with Gasteiger partial charge in [0.15, 0.2) is 0 Å². The summed E-state index contributed by atoms with van der Waals surface area (Å²) in [5, 5.41) is 3.97. The second kappa shape index (κ2) is 7.81. The molecule has 1 heterocycles. The molecule has 0 fully saturated rings. The molecule has 0 atom stereocenters. The molecule has 6 heteroatoms. The molecule has 0 amide bonds. The van der Waals surface area contributed by atoms with Crippen LogP contribution in [0.25, 0.3) is 0 Å². The number of methoxy groups -OCH3 is 1. The molecule has 0 saturated heterocycles. The number of halogens is 1. The molecule has 0 saturated carbocycles. The fourth-order valence-electron chi connectivity index (χ4n) is 1.73. The number of benzene rings is 1. The molecule has 1 aromatic heterocycles. The normalized spacial score (nSPS) is 10.4. The second-order valence-corrected chi connectivity index (χ2v) is 4.90. The van der Waals surface area contributed by atoms with E-state index in [1.807, 2.05) is 31.2 Å². The van der Waals surface area contributed by atoms with Crippen molar-refractivity contribution in [2.45, 2.75) is 13.5 Å². The Hall–Kier alpha value is -1.85. The summed E-state index contributed by atoms with van der Waals surface area (Å²) < 4.78 is 10.4. The van der Waals surface area contributed by atoms with Gasteiger partial charge in [-0.3, -0.25) is 0 Å². The summed E-state index contributed by atoms with van der Waals surface area (Å²) >= 11 is 5.86. The predicted molar refractivity (Wildman–Crippen MR) is 82.9 cm³/mol. The lowest BCUT2D eigenvalue weighted by Crippen LogP contribution is -2.08. The quantitative estimate of drug-likeness (QED) is 0.797. The first-order chi connectivity index (χ1) is 10.2. The van der Waals surface area contributed by atoms with Gasteiger partial charge >= 0.3 is 0 Å². The van der Waals surface area contributed by atoms with Crippen LogP contribution in [0.4, 0.5) is 5.82 Å². The Morgan fingerprint density at radius 2 is 1.90 bits per heavy atom. The van der Waals surface area contributed by atoms with Crippen molar-refractivity contribution in [2.24, 2.45) is 0 Å². The molecule has 0 spiro atoms. The average molecular weight is 308 g/mol. The first kappa shape index (κ1) is 15.5. The third kappa shape index (κ3) is 5.21. The van der Waals surface area contributed by atoms with Crippen LogP contribution < -0.4 is 10.1 Å². The molecule has 0 radical (unpaired) electrons. The molecule has 1 N–H and O–H groups in total. The third-order valence-corrected chi connectivity index (χ3v) is 2.99. The van der Waals surface area contributed by atoms with Gasteiger partial charge in [0.05, 0.1) is 6.61 Å². The van der Waals surface area contributed by atoms with Gasteiger partial charge in [0.25, 0.3) is 0 Å². The van der Waals surface area contributed by atoms with E-state index in [1.165, 1.54) is 0 Å². The molecule has 0 unspecified atom stereocenters. The lowest BCUT2D eigenvalue weighted by molar-refractivity contribution is 0.143. The van der Waals surface area contributed by atoms with E-state index in [0.717, 1.165) is 16.4 Å². The largest absolute Gasteiger partial charge is 0.475 e. The number of nitrogens with zero attached hydrogens (tertiary/aromatic N) is 2. The maximum absolute atomic E-state index is 5.86. The van der Waals surface area contributed by atoms with E-state index in [-0.39, 0.29) is 0 Å². The Morgan fingerprint density at radius 3 is 2.62 bits per heavy atom. The highest BCUT2D eigenvalue weighted by molar-refractivity contribution is 6.30. The molecule has 0 aliphatic rings. The minimum absolute atomic E-state index is 0.462. The molecule has 0 aliphatic heterocycles. The van der Waals surface area contributed by atoms with E-state index in [4.69, 9.17) is 21.1 Å². The van der Waals surface area contributed by atoms with Gasteiger partial charge in [0.1, 0.15) is 18.2 Å². The SMILES string of the molecule is COCCOc1cc(NCc2ccc(Cl)cc2)nc(C)n1. The third-order valence-electron chi connectivity index (χ3n) is 2.74. The van der Waals surface area contributed by atoms with E-state index in [0.29, 0.717) is 31.5 Å². The lowest BCUT2D eigenvalue weighted by atomic mass is 10.2. The number of anilines is 1. The second-order valence-electron chi connectivity index (χ2n) is 4.46. The first-order valence-electron chi connectivity index (χ1n) is 6.63. The van der Waals surface area contributed by atoms with Crippen molar-refractivity contribution in [3.8, 4) is 5.88 Å². The molecular formula is C15H18ClN3O2. The van der Waals surface area contributed by atoms with Crippen molar-refractivity contribution in [3.05, 3.63) is 46.7 Å². The minimum atomic E-state index is 0.462. The van der Waals surface area contributed by atoms with Gasteiger partial charge in [0, 0.05) is 24.7 Å². The van der Waals surface area contributed by atoms with Gasteiger partial charge in [0.2, 0.25) is 5.88 Å². The first-order valence-corrected chi connectivity index (χ1v) is 7.01. The Labute approximate surface area is 129 Å². The van der Waals surface area contributed by atoms with Gasteiger partial charge in [-0.25, -0.2) is 4.98 Å². The molecule has 0 aliphatic carbocycles. The molecule has 2 rings (SSSR count). The van der Waals surface area contributed by atoms with Gasteiger partial charge < -0.3 is 14.8 Å². The maximum Gasteiger partial charge on any atom is 0.218 e. The fourth-order valence-corrected chi connectivity index (χ4v) is 1.86. The van der Waals surface area contributed by atoms with Gasteiger partial charge in [-0.2, -0.15) is 4.98 Å². The number of ether oxygens (including phenoxy) is 2. The smallest absolute Gasteiger partial charge is 0.218 e. The molecule has 21 heavy (non-hydrogen) atoms. The Kier molecular flexibility index (Phi) is 5.78. The molecule has 2 aromatic rings. The lowest BCUT2D eigenvalue weighted by Gasteiger charge is -2.09. The van der Waals surface area contributed by atoms with Crippen molar-refractivity contribution in [1.82, 2.24) is 9.97 Å². The van der Waals surface area contributed by atoms with Gasteiger partial charge in [-0.05, 0) is 24.6 Å². The van der Waals surface area contributed by atoms with Crippen LogP contribution in [-0.2, 0) is 11.3 Å². The number of rotatable bonds is 7. The van der Waals surface area contributed by atoms with E-state index in [2.05, 4.69) is 15.3 Å². The summed E-state index contributed by atoms with van der Waals surface area (Å²) in [6.45, 7) is 3.47. The average Bonchev–Trinajstić information content (AvgIpc) is 2.46. The number of nitrogens with one attached hydrogen (secondary N) is 1. The molecule has 112 valence electrons. The van der Waals surface area contributed by atoms with Crippen LogP contribution >= 0.6 is 11.6 Å². The van der Waals surface area contributed by atoms with Crippen LogP contribution in [0.1, 0.15) is 11.4 Å². The van der Waals surface area contributed by atoms with Crippen molar-refractivity contribution in [1.29, 1.82) is 0 Å². The number of hydrogen-bond donors (Lipinski definition) is 1. The summed E-state index contributed by atoms with van der Waals surface area (Å²) in [5.74, 6) is 1.92. The van der Waals surface area contributed by atoms with E-state index in [1.54, 1.807) is 13.2 Å². The fraction of sp³-hybridized carbons (Fsp3) is 0.333. The van der Waals surface area contributed by atoms with Gasteiger partial charge in [-0.1, -0.05) is 23.7 Å². The highest BCUT2D eigenvalue weighted by Crippen LogP contribution is 2.15. The summed E-state index contributed by atoms with van der Waals surface area (Å²) in [5.41, 5.74) is 1.12. The molecule has 5 nitrogen and oxygen atoms in total. The standard InChI is InChI=1S/C15H18ClN3O2/c1-11-18-14(9-15(19-11)21-8-7-20-2)17-10-12-3-5-13(16)6-4-12/h3-6,9H,7-8,10H2,1-2H3,(H,17,18,19). The molecule has 0 bridgehead atoms. The zero-order valence-corrected chi connectivity index (χ0v) is 12.9. The van der Waals surface area contributed by atoms with Crippen molar-refractivity contribution < 1.29 is 9.47 Å². The number of aryl methyl sites for hydroxylation is 1. The molecular weight excluding hydrogens is 290 g/mol. The van der Waals surface area contributed by atoms with Crippen LogP contribution in [-0.4, -0.2) is 30.3 Å². The summed E-state index contributed by atoms with van der Waals surface area (Å²) in [7, 11) is 1.63. The van der Waals surface area contributed by atoms with Crippen LogP contribution in [0.3, 0.4) is 0 Å². The Bertz CT molecular complexity index is 576. The Morgan fingerprint density at radius 1 is 1.14 bits per heavy atom. The minimum Gasteiger partial charge on any atom is -0.475 e. The van der Waals surface area contributed by atoms with Gasteiger partial charge in [-0.15, -0.1) is 0 Å². The van der Waals surface area contributed by atoms with E-state index < -0.39 is 0 Å². The highest BCUT2D eigenvalue weighted by Gasteiger charge is 2.03. The van der Waals surface area contributed by atoms with Crippen molar-refractivity contribution in [3.63, 3.8) is 0 Å². The Balaban J connectivity index is 1.97.